The molecule has 7 aromatic rings. The molecule has 29 heavy (non-hydrogen) atoms. The van der Waals surface area contributed by atoms with Crippen molar-refractivity contribution in [3.05, 3.63) is 84.9 Å². The standard InChI is InChI=1S/C25H14N2OS/c1-4-11-22-17(6-1)18-8-5-7-16(24(18)28-22)15-12-13-23-21(14-15)27-20-10-3-2-9-19(20)26-25(27)29-23/h1-14H. The Morgan fingerprint density at radius 1 is 0.759 bits per heavy atom. The molecule has 3 nitrogen and oxygen atoms in total. The van der Waals surface area contributed by atoms with Crippen LogP contribution in [-0.2, 0) is 0 Å². The number of nitrogens with zero attached hydrogens (tertiary/aromatic N) is 2. The number of imidazole rings is 1. The average molecular weight is 390 g/mol. The quantitative estimate of drug-likeness (QED) is 0.295. The van der Waals surface area contributed by atoms with Crippen molar-refractivity contribution in [3.8, 4) is 11.1 Å². The van der Waals surface area contributed by atoms with Crippen LogP contribution >= 0.6 is 11.3 Å². The molecular weight excluding hydrogens is 376 g/mol. The van der Waals surface area contributed by atoms with E-state index in [1.54, 1.807) is 11.3 Å². The van der Waals surface area contributed by atoms with E-state index in [0.29, 0.717) is 0 Å². The fourth-order valence-electron chi connectivity index (χ4n) is 4.32. The van der Waals surface area contributed by atoms with Crippen LogP contribution in [0.3, 0.4) is 0 Å². The van der Waals surface area contributed by atoms with E-state index in [9.17, 15) is 0 Å². The van der Waals surface area contributed by atoms with Gasteiger partial charge < -0.3 is 4.42 Å². The highest BCUT2D eigenvalue weighted by Crippen LogP contribution is 2.38. The second-order valence-electron chi connectivity index (χ2n) is 7.28. The number of aromatic nitrogens is 2. The van der Waals surface area contributed by atoms with Crippen molar-refractivity contribution in [3.63, 3.8) is 0 Å². The molecule has 0 fully saturated rings. The molecule has 0 bridgehead atoms. The van der Waals surface area contributed by atoms with Gasteiger partial charge in [0.2, 0.25) is 0 Å². The molecule has 4 aromatic carbocycles. The van der Waals surface area contributed by atoms with Gasteiger partial charge in [-0.2, -0.15) is 0 Å². The fourth-order valence-corrected chi connectivity index (χ4v) is 5.34. The second-order valence-corrected chi connectivity index (χ2v) is 8.29. The predicted octanol–water partition coefficient (Wildman–Crippen LogP) is 7.27. The molecule has 0 unspecified atom stereocenters. The molecule has 0 saturated heterocycles. The first kappa shape index (κ1) is 15.3. The van der Waals surface area contributed by atoms with Crippen molar-refractivity contribution >= 4 is 59.5 Å². The number of benzene rings is 4. The third kappa shape index (κ3) is 2.04. The number of fused-ring (bicyclic) bond motifs is 8. The zero-order valence-corrected chi connectivity index (χ0v) is 16.1. The number of thiazole rings is 1. The van der Waals surface area contributed by atoms with Gasteiger partial charge in [-0.15, -0.1) is 0 Å². The Bertz CT molecular complexity index is 1720. The van der Waals surface area contributed by atoms with Crippen LogP contribution in [0.5, 0.6) is 0 Å². The Morgan fingerprint density at radius 2 is 1.62 bits per heavy atom. The van der Waals surface area contributed by atoms with Gasteiger partial charge in [0, 0.05) is 16.3 Å². The zero-order valence-electron chi connectivity index (χ0n) is 15.3. The highest BCUT2D eigenvalue weighted by Gasteiger charge is 2.15. The van der Waals surface area contributed by atoms with Crippen LogP contribution in [-0.4, -0.2) is 9.38 Å². The van der Waals surface area contributed by atoms with Gasteiger partial charge in [0.15, 0.2) is 4.96 Å². The first-order valence-electron chi connectivity index (χ1n) is 9.57. The Hall–Kier alpha value is -3.63. The summed E-state index contributed by atoms with van der Waals surface area (Å²) in [6, 6.07) is 29.6. The van der Waals surface area contributed by atoms with Gasteiger partial charge in [-0.25, -0.2) is 4.98 Å². The lowest BCUT2D eigenvalue weighted by Gasteiger charge is -2.04. The van der Waals surface area contributed by atoms with Crippen LogP contribution in [0.4, 0.5) is 0 Å². The summed E-state index contributed by atoms with van der Waals surface area (Å²) in [4.78, 5) is 5.82. The Morgan fingerprint density at radius 3 is 2.62 bits per heavy atom. The van der Waals surface area contributed by atoms with Crippen molar-refractivity contribution in [2.24, 2.45) is 0 Å². The molecule has 0 amide bonds. The lowest BCUT2D eigenvalue weighted by atomic mass is 10.0. The van der Waals surface area contributed by atoms with Crippen LogP contribution in [0.25, 0.3) is 59.3 Å². The first-order chi connectivity index (χ1) is 14.4. The summed E-state index contributed by atoms with van der Waals surface area (Å²) >= 11 is 1.73. The van der Waals surface area contributed by atoms with Gasteiger partial charge in [0.1, 0.15) is 11.2 Å². The Kier molecular flexibility index (Phi) is 2.88. The molecule has 0 saturated carbocycles. The van der Waals surface area contributed by atoms with Crippen molar-refractivity contribution in [2.75, 3.05) is 0 Å². The molecule has 4 heteroatoms. The smallest absolute Gasteiger partial charge is 0.195 e. The number of hydrogen-bond acceptors (Lipinski definition) is 3. The topological polar surface area (TPSA) is 30.4 Å². The number of furan rings is 1. The first-order valence-corrected chi connectivity index (χ1v) is 10.4. The fraction of sp³-hybridized carbons (Fsp3) is 0. The molecule has 136 valence electrons. The largest absolute Gasteiger partial charge is 0.455 e. The van der Waals surface area contributed by atoms with E-state index in [1.165, 1.54) is 10.2 Å². The van der Waals surface area contributed by atoms with E-state index < -0.39 is 0 Å². The summed E-state index contributed by atoms with van der Waals surface area (Å²) in [6.45, 7) is 0. The number of rotatable bonds is 1. The SMILES string of the molecule is c1ccc2c(c1)nc1sc3ccc(-c4cccc5c4oc4ccccc45)cc3n12. The van der Waals surface area contributed by atoms with Crippen molar-refractivity contribution in [1.82, 2.24) is 9.38 Å². The van der Waals surface area contributed by atoms with Crippen molar-refractivity contribution in [2.45, 2.75) is 0 Å². The molecule has 0 radical (unpaired) electrons. The van der Waals surface area contributed by atoms with Crippen molar-refractivity contribution in [1.29, 1.82) is 0 Å². The maximum absolute atomic E-state index is 6.26. The van der Waals surface area contributed by atoms with Gasteiger partial charge in [-0.1, -0.05) is 65.9 Å². The van der Waals surface area contributed by atoms with Gasteiger partial charge in [-0.05, 0) is 35.9 Å². The maximum atomic E-state index is 6.26. The number of para-hydroxylation sites is 4. The summed E-state index contributed by atoms with van der Waals surface area (Å²) < 4.78 is 9.75. The lowest BCUT2D eigenvalue weighted by Crippen LogP contribution is -1.83. The molecular formula is C25H14N2OS. The van der Waals surface area contributed by atoms with Crippen molar-refractivity contribution < 1.29 is 4.42 Å². The van der Waals surface area contributed by atoms with Gasteiger partial charge in [0.25, 0.3) is 0 Å². The van der Waals surface area contributed by atoms with Gasteiger partial charge >= 0.3 is 0 Å². The predicted molar refractivity (Wildman–Crippen MR) is 121 cm³/mol. The minimum Gasteiger partial charge on any atom is -0.455 e. The molecule has 0 N–H and O–H groups in total. The van der Waals surface area contributed by atoms with Crippen LogP contribution in [0, 0.1) is 0 Å². The molecule has 0 atom stereocenters. The molecule has 0 aliphatic heterocycles. The minimum atomic E-state index is 0.926. The van der Waals surface area contributed by atoms with E-state index in [2.05, 4.69) is 71.1 Å². The molecule has 3 aromatic heterocycles. The van der Waals surface area contributed by atoms with Crippen LogP contribution in [0.2, 0.25) is 0 Å². The van der Waals surface area contributed by atoms with E-state index in [1.807, 2.05) is 18.2 Å². The normalized spacial score (nSPS) is 12.1. The summed E-state index contributed by atoms with van der Waals surface area (Å²) in [5, 5.41) is 2.31. The minimum absolute atomic E-state index is 0.926. The summed E-state index contributed by atoms with van der Waals surface area (Å²) in [5.74, 6) is 0. The summed E-state index contributed by atoms with van der Waals surface area (Å²) in [5.41, 5.74) is 7.50. The third-order valence-electron chi connectivity index (χ3n) is 5.65. The van der Waals surface area contributed by atoms with Crippen LogP contribution in [0.1, 0.15) is 0 Å². The van der Waals surface area contributed by atoms with Crippen LogP contribution < -0.4 is 0 Å². The Balaban J connectivity index is 1.56. The summed E-state index contributed by atoms with van der Waals surface area (Å²) in [7, 11) is 0. The third-order valence-corrected chi connectivity index (χ3v) is 6.67. The highest BCUT2D eigenvalue weighted by molar-refractivity contribution is 7.23. The Labute approximate surface area is 169 Å². The van der Waals surface area contributed by atoms with Gasteiger partial charge in [0.05, 0.1) is 21.3 Å². The monoisotopic (exact) mass is 390 g/mol. The molecule has 0 spiro atoms. The molecule has 0 aliphatic carbocycles. The lowest BCUT2D eigenvalue weighted by molar-refractivity contribution is 0.670. The molecule has 7 rings (SSSR count). The van der Waals surface area contributed by atoms with E-state index in [-0.39, 0.29) is 0 Å². The van der Waals surface area contributed by atoms with Gasteiger partial charge in [-0.3, -0.25) is 4.40 Å². The summed E-state index contributed by atoms with van der Waals surface area (Å²) in [6.07, 6.45) is 0. The highest BCUT2D eigenvalue weighted by atomic mass is 32.1. The van der Waals surface area contributed by atoms with E-state index in [0.717, 1.165) is 49.1 Å². The molecule has 3 heterocycles. The van der Waals surface area contributed by atoms with E-state index >= 15 is 0 Å². The zero-order chi connectivity index (χ0) is 18.9. The van der Waals surface area contributed by atoms with Crippen LogP contribution in [0.15, 0.2) is 89.3 Å². The molecule has 0 aliphatic rings. The maximum Gasteiger partial charge on any atom is 0.195 e. The average Bonchev–Trinajstić information content (AvgIpc) is 3.42. The van der Waals surface area contributed by atoms with E-state index in [4.69, 9.17) is 9.40 Å². The number of hydrogen-bond donors (Lipinski definition) is 0. The second kappa shape index (κ2) is 5.46.